The molecule has 6 nitrogen and oxygen atoms in total. The highest BCUT2D eigenvalue weighted by Gasteiger charge is 2.11. The Morgan fingerprint density at radius 1 is 1.38 bits per heavy atom. The lowest BCUT2D eigenvalue weighted by Crippen LogP contribution is -2.27. The number of rotatable bonds is 7. The number of benzene rings is 1. The first-order chi connectivity index (χ1) is 9.94. The molecule has 1 heterocycles. The summed E-state index contributed by atoms with van der Waals surface area (Å²) < 4.78 is 28.0. The van der Waals surface area contributed by atoms with Crippen molar-refractivity contribution < 1.29 is 8.42 Å². The van der Waals surface area contributed by atoms with E-state index in [9.17, 15) is 8.42 Å². The number of nitrogens with one attached hydrogen (secondary N) is 1. The molecule has 0 spiro atoms. The first kappa shape index (κ1) is 15.9. The summed E-state index contributed by atoms with van der Waals surface area (Å²) in [5.74, 6) is 0.528. The second-order valence-corrected chi connectivity index (χ2v) is 7.64. The Bertz CT molecular complexity index is 698. The standard InChI is InChI=1S/C13H18N4O2S2/c1-17-6-5-12(16-17)10-15-21(18,19)8-7-20-13-4-2-3-11(14)9-13/h2-6,9,15H,7-8,10,14H2,1H3. The zero-order chi connectivity index (χ0) is 15.3. The van der Waals surface area contributed by atoms with Crippen LogP contribution in [0.3, 0.4) is 0 Å². The Morgan fingerprint density at radius 3 is 2.86 bits per heavy atom. The molecule has 0 atom stereocenters. The molecule has 114 valence electrons. The van der Waals surface area contributed by atoms with Crippen LogP contribution >= 0.6 is 11.8 Å². The van der Waals surface area contributed by atoms with Crippen LogP contribution in [0.4, 0.5) is 5.69 Å². The van der Waals surface area contributed by atoms with Crippen LogP contribution in [0.1, 0.15) is 5.69 Å². The van der Waals surface area contributed by atoms with Gasteiger partial charge in [0.1, 0.15) is 0 Å². The molecule has 0 fully saturated rings. The number of nitrogens with two attached hydrogens (primary N) is 1. The number of aromatic nitrogens is 2. The van der Waals surface area contributed by atoms with Crippen LogP contribution in [0.5, 0.6) is 0 Å². The molecule has 0 aliphatic rings. The molecule has 2 rings (SSSR count). The molecule has 21 heavy (non-hydrogen) atoms. The number of nitrogen functional groups attached to an aromatic ring is 1. The van der Waals surface area contributed by atoms with Crippen molar-refractivity contribution in [2.45, 2.75) is 11.4 Å². The van der Waals surface area contributed by atoms with Gasteiger partial charge in [0.05, 0.1) is 18.0 Å². The van der Waals surface area contributed by atoms with E-state index in [1.165, 1.54) is 11.8 Å². The highest BCUT2D eigenvalue weighted by molar-refractivity contribution is 8.00. The van der Waals surface area contributed by atoms with Crippen LogP contribution in [-0.4, -0.2) is 29.7 Å². The molecule has 3 N–H and O–H groups in total. The molecule has 1 aromatic carbocycles. The summed E-state index contributed by atoms with van der Waals surface area (Å²) in [7, 11) is -1.51. The van der Waals surface area contributed by atoms with Gasteiger partial charge in [-0.2, -0.15) is 5.10 Å². The second-order valence-electron chi connectivity index (χ2n) is 4.54. The number of anilines is 1. The average Bonchev–Trinajstić information content (AvgIpc) is 2.82. The topological polar surface area (TPSA) is 90.0 Å². The molecule has 0 aliphatic carbocycles. The van der Waals surface area contributed by atoms with Crippen molar-refractivity contribution in [1.29, 1.82) is 0 Å². The van der Waals surface area contributed by atoms with Crippen molar-refractivity contribution in [2.75, 3.05) is 17.2 Å². The molecular formula is C13H18N4O2S2. The van der Waals surface area contributed by atoms with Crippen molar-refractivity contribution in [3.8, 4) is 0 Å². The van der Waals surface area contributed by atoms with Gasteiger partial charge in [0.25, 0.3) is 0 Å². The highest BCUT2D eigenvalue weighted by atomic mass is 32.2. The zero-order valence-corrected chi connectivity index (χ0v) is 13.3. The number of nitrogens with zero attached hydrogens (tertiary/aromatic N) is 2. The summed E-state index contributed by atoms with van der Waals surface area (Å²) in [6.45, 7) is 0.214. The van der Waals surface area contributed by atoms with Gasteiger partial charge in [-0.3, -0.25) is 4.68 Å². The molecule has 0 radical (unpaired) electrons. The van der Waals surface area contributed by atoms with Crippen molar-refractivity contribution in [1.82, 2.24) is 14.5 Å². The van der Waals surface area contributed by atoms with Crippen molar-refractivity contribution >= 4 is 27.5 Å². The summed E-state index contributed by atoms with van der Waals surface area (Å²) in [5, 5.41) is 4.12. The molecule has 0 aliphatic heterocycles. The van der Waals surface area contributed by atoms with Gasteiger partial charge in [0.15, 0.2) is 0 Å². The molecule has 0 saturated carbocycles. The van der Waals surface area contributed by atoms with Crippen LogP contribution in [-0.2, 0) is 23.6 Å². The third-order valence-electron chi connectivity index (χ3n) is 2.72. The molecular weight excluding hydrogens is 308 g/mol. The van der Waals surface area contributed by atoms with Crippen LogP contribution in [0.25, 0.3) is 0 Å². The average molecular weight is 326 g/mol. The van der Waals surface area contributed by atoms with E-state index >= 15 is 0 Å². The number of aryl methyl sites for hydroxylation is 1. The van der Waals surface area contributed by atoms with Crippen LogP contribution in [0.15, 0.2) is 41.4 Å². The number of sulfonamides is 1. The fourth-order valence-corrected chi connectivity index (χ4v) is 4.04. The zero-order valence-electron chi connectivity index (χ0n) is 11.7. The summed E-state index contributed by atoms with van der Waals surface area (Å²) in [6, 6.07) is 9.18. The molecule has 1 aromatic heterocycles. The fraction of sp³-hybridized carbons (Fsp3) is 0.308. The normalized spacial score (nSPS) is 11.7. The van der Waals surface area contributed by atoms with Gasteiger partial charge >= 0.3 is 0 Å². The molecule has 0 amide bonds. The SMILES string of the molecule is Cn1ccc(CNS(=O)(=O)CCSc2cccc(N)c2)n1. The number of hydrogen-bond donors (Lipinski definition) is 2. The maximum Gasteiger partial charge on any atom is 0.212 e. The lowest BCUT2D eigenvalue weighted by molar-refractivity contribution is 0.581. The quantitative estimate of drug-likeness (QED) is 0.590. The minimum atomic E-state index is -3.30. The predicted octanol–water partition coefficient (Wildman–Crippen LogP) is 1.21. The molecule has 2 aromatic rings. The third-order valence-corrected chi connectivity index (χ3v) is 5.30. The monoisotopic (exact) mass is 326 g/mol. The largest absolute Gasteiger partial charge is 0.399 e. The van der Waals surface area contributed by atoms with Gasteiger partial charge in [-0.25, -0.2) is 13.1 Å². The maximum absolute atomic E-state index is 11.9. The van der Waals surface area contributed by atoms with E-state index in [1.807, 2.05) is 18.2 Å². The van der Waals surface area contributed by atoms with Crippen LogP contribution in [0.2, 0.25) is 0 Å². The Labute approximate surface area is 128 Å². The number of thioether (sulfide) groups is 1. The Hall–Kier alpha value is -1.51. The minimum Gasteiger partial charge on any atom is -0.399 e. The van der Waals surface area contributed by atoms with E-state index < -0.39 is 10.0 Å². The Morgan fingerprint density at radius 2 is 2.19 bits per heavy atom. The summed E-state index contributed by atoms with van der Waals surface area (Å²) >= 11 is 1.47. The van der Waals surface area contributed by atoms with E-state index in [0.717, 1.165) is 4.90 Å². The minimum absolute atomic E-state index is 0.0549. The van der Waals surface area contributed by atoms with Crippen LogP contribution in [0, 0.1) is 0 Å². The lowest BCUT2D eigenvalue weighted by Gasteiger charge is -2.06. The first-order valence-corrected chi connectivity index (χ1v) is 9.02. The summed E-state index contributed by atoms with van der Waals surface area (Å²) in [4.78, 5) is 0.968. The highest BCUT2D eigenvalue weighted by Crippen LogP contribution is 2.20. The molecule has 8 heteroatoms. The lowest BCUT2D eigenvalue weighted by atomic mass is 10.3. The molecule has 0 unspecified atom stereocenters. The fourth-order valence-electron chi connectivity index (χ4n) is 1.69. The van der Waals surface area contributed by atoms with Gasteiger partial charge < -0.3 is 5.73 Å². The predicted molar refractivity (Wildman–Crippen MR) is 85.4 cm³/mol. The molecule has 0 bridgehead atoms. The maximum atomic E-state index is 11.9. The smallest absolute Gasteiger partial charge is 0.212 e. The van der Waals surface area contributed by atoms with Gasteiger partial charge in [-0.1, -0.05) is 6.07 Å². The second kappa shape index (κ2) is 6.97. The van der Waals surface area contributed by atoms with E-state index in [-0.39, 0.29) is 12.3 Å². The van der Waals surface area contributed by atoms with Crippen molar-refractivity contribution in [2.24, 2.45) is 7.05 Å². The van der Waals surface area contributed by atoms with E-state index in [2.05, 4.69) is 9.82 Å². The summed E-state index contributed by atoms with van der Waals surface area (Å²) in [5.41, 5.74) is 7.05. The van der Waals surface area contributed by atoms with Gasteiger partial charge in [0.2, 0.25) is 10.0 Å². The van der Waals surface area contributed by atoms with E-state index in [4.69, 9.17) is 5.73 Å². The molecule has 0 saturated heterocycles. The van der Waals surface area contributed by atoms with E-state index in [1.54, 1.807) is 30.1 Å². The van der Waals surface area contributed by atoms with Crippen LogP contribution < -0.4 is 10.5 Å². The summed E-state index contributed by atoms with van der Waals surface area (Å²) in [6.07, 6.45) is 1.78. The Kier molecular flexibility index (Phi) is 5.27. The van der Waals surface area contributed by atoms with Crippen molar-refractivity contribution in [3.05, 3.63) is 42.2 Å². The Balaban J connectivity index is 1.78. The van der Waals surface area contributed by atoms with Gasteiger partial charge in [-0.05, 0) is 24.3 Å². The third kappa shape index (κ3) is 5.41. The van der Waals surface area contributed by atoms with Crippen molar-refractivity contribution in [3.63, 3.8) is 0 Å². The first-order valence-electron chi connectivity index (χ1n) is 6.39. The van der Waals surface area contributed by atoms with Gasteiger partial charge in [0, 0.05) is 29.6 Å². The van der Waals surface area contributed by atoms with E-state index in [0.29, 0.717) is 17.1 Å². The number of hydrogen-bond acceptors (Lipinski definition) is 5. The van der Waals surface area contributed by atoms with Gasteiger partial charge in [-0.15, -0.1) is 11.8 Å².